The number of carbonyl (C=O) groups is 2. The van der Waals surface area contributed by atoms with Crippen LogP contribution >= 0.6 is 0 Å². The summed E-state index contributed by atoms with van der Waals surface area (Å²) < 4.78 is 18.7. The lowest BCUT2D eigenvalue weighted by atomic mass is 10.0. The summed E-state index contributed by atoms with van der Waals surface area (Å²) in [5.74, 6) is -0.351. The Morgan fingerprint density at radius 2 is 1.68 bits per heavy atom. The van der Waals surface area contributed by atoms with Crippen LogP contribution in [0.15, 0.2) is 48.5 Å². The highest BCUT2D eigenvalue weighted by Crippen LogP contribution is 2.20. The number of halogens is 1. The van der Waals surface area contributed by atoms with Gasteiger partial charge >= 0.3 is 0 Å². The lowest BCUT2D eigenvalue weighted by Crippen LogP contribution is -2.41. The van der Waals surface area contributed by atoms with Crippen molar-refractivity contribution in [3.05, 3.63) is 65.5 Å². The van der Waals surface area contributed by atoms with E-state index in [9.17, 15) is 14.0 Å². The molecule has 1 heterocycles. The molecule has 1 saturated heterocycles. The monoisotopic (exact) mass is 342 g/mol. The summed E-state index contributed by atoms with van der Waals surface area (Å²) in [4.78, 5) is 25.6. The molecule has 2 N–H and O–H groups in total. The highest BCUT2D eigenvalue weighted by molar-refractivity contribution is 5.99. The number of amides is 2. The standard InChI is InChI=1S/C19H19FN2O3/c20-15-4-6-16(7-5-15)25-17-8-10-22(11-9-17)19(24)14-3-1-2-13(12-14)18(21)23/h1-7,12,17H,8-11H2,(H2,21,23). The maximum atomic E-state index is 12.9. The third-order valence-corrected chi connectivity index (χ3v) is 4.24. The zero-order valence-electron chi connectivity index (χ0n) is 13.7. The Morgan fingerprint density at radius 3 is 2.32 bits per heavy atom. The fourth-order valence-electron chi connectivity index (χ4n) is 2.87. The molecule has 5 nitrogen and oxygen atoms in total. The molecule has 0 unspecified atom stereocenters. The van der Waals surface area contributed by atoms with Gasteiger partial charge in [0.05, 0.1) is 0 Å². The van der Waals surface area contributed by atoms with Gasteiger partial charge in [-0.15, -0.1) is 0 Å². The van der Waals surface area contributed by atoms with Crippen LogP contribution in [-0.4, -0.2) is 35.9 Å². The molecule has 6 heteroatoms. The van der Waals surface area contributed by atoms with E-state index in [-0.39, 0.29) is 17.8 Å². The van der Waals surface area contributed by atoms with Crippen LogP contribution < -0.4 is 10.5 Å². The first-order chi connectivity index (χ1) is 12.0. The summed E-state index contributed by atoms with van der Waals surface area (Å²) in [5, 5.41) is 0. The second-order valence-corrected chi connectivity index (χ2v) is 6.01. The van der Waals surface area contributed by atoms with Crippen molar-refractivity contribution in [2.75, 3.05) is 13.1 Å². The van der Waals surface area contributed by atoms with Crippen molar-refractivity contribution in [1.29, 1.82) is 0 Å². The predicted molar refractivity (Wildman–Crippen MR) is 90.9 cm³/mol. The topological polar surface area (TPSA) is 72.6 Å². The van der Waals surface area contributed by atoms with Gasteiger partial charge in [0.15, 0.2) is 0 Å². The Kier molecular flexibility index (Phi) is 4.97. The molecule has 2 amide bonds. The van der Waals surface area contributed by atoms with Crippen LogP contribution in [-0.2, 0) is 0 Å². The third kappa shape index (κ3) is 4.15. The first-order valence-electron chi connectivity index (χ1n) is 8.14. The quantitative estimate of drug-likeness (QED) is 0.928. The number of hydrogen-bond donors (Lipinski definition) is 1. The highest BCUT2D eigenvalue weighted by Gasteiger charge is 2.25. The lowest BCUT2D eigenvalue weighted by Gasteiger charge is -2.32. The average molecular weight is 342 g/mol. The number of hydrogen-bond acceptors (Lipinski definition) is 3. The third-order valence-electron chi connectivity index (χ3n) is 4.24. The Morgan fingerprint density at radius 1 is 1.04 bits per heavy atom. The second kappa shape index (κ2) is 7.34. The van der Waals surface area contributed by atoms with Gasteiger partial charge < -0.3 is 15.4 Å². The molecule has 0 saturated carbocycles. The molecule has 1 fully saturated rings. The smallest absolute Gasteiger partial charge is 0.253 e. The molecular weight excluding hydrogens is 323 g/mol. The first kappa shape index (κ1) is 17.0. The van der Waals surface area contributed by atoms with Crippen LogP contribution in [0.25, 0.3) is 0 Å². The van der Waals surface area contributed by atoms with Crippen LogP contribution in [0, 0.1) is 5.82 Å². The van der Waals surface area contributed by atoms with Gasteiger partial charge in [0.1, 0.15) is 17.7 Å². The van der Waals surface area contributed by atoms with E-state index < -0.39 is 5.91 Å². The lowest BCUT2D eigenvalue weighted by molar-refractivity contribution is 0.0595. The molecule has 2 aromatic carbocycles. The van der Waals surface area contributed by atoms with E-state index in [4.69, 9.17) is 10.5 Å². The van der Waals surface area contributed by atoms with E-state index in [2.05, 4.69) is 0 Å². The number of primary amides is 1. The molecule has 0 spiro atoms. The predicted octanol–water partition coefficient (Wildman–Crippen LogP) is 2.61. The van der Waals surface area contributed by atoms with Crippen molar-refractivity contribution < 1.29 is 18.7 Å². The van der Waals surface area contributed by atoms with Gasteiger partial charge in [-0.3, -0.25) is 9.59 Å². The molecular formula is C19H19FN2O3. The van der Waals surface area contributed by atoms with Crippen molar-refractivity contribution in [3.63, 3.8) is 0 Å². The summed E-state index contributed by atoms with van der Waals surface area (Å²) in [6, 6.07) is 12.4. The van der Waals surface area contributed by atoms with Crippen molar-refractivity contribution in [2.45, 2.75) is 18.9 Å². The van der Waals surface area contributed by atoms with Crippen molar-refractivity contribution in [3.8, 4) is 5.75 Å². The molecule has 0 atom stereocenters. The fraction of sp³-hybridized carbons (Fsp3) is 0.263. The molecule has 0 radical (unpaired) electrons. The summed E-state index contributed by atoms with van der Waals surface area (Å²) in [5.41, 5.74) is 6.03. The zero-order valence-corrected chi connectivity index (χ0v) is 13.7. The van der Waals surface area contributed by atoms with Crippen LogP contribution in [0.2, 0.25) is 0 Å². The molecule has 130 valence electrons. The Bertz CT molecular complexity index is 768. The number of piperidine rings is 1. The number of ether oxygens (including phenoxy) is 1. The summed E-state index contributed by atoms with van der Waals surface area (Å²) >= 11 is 0. The fourth-order valence-corrected chi connectivity index (χ4v) is 2.87. The minimum Gasteiger partial charge on any atom is -0.490 e. The van der Waals surface area contributed by atoms with Gasteiger partial charge in [-0.2, -0.15) is 0 Å². The molecule has 2 aromatic rings. The molecule has 25 heavy (non-hydrogen) atoms. The van der Waals surface area contributed by atoms with Gasteiger partial charge in [0.2, 0.25) is 5.91 Å². The van der Waals surface area contributed by atoms with Gasteiger partial charge in [-0.25, -0.2) is 4.39 Å². The molecule has 0 aromatic heterocycles. The minimum absolute atomic E-state index is 0.00790. The number of rotatable bonds is 4. The largest absolute Gasteiger partial charge is 0.490 e. The summed E-state index contributed by atoms with van der Waals surface area (Å²) in [6.45, 7) is 1.12. The molecule has 0 bridgehead atoms. The first-order valence-corrected chi connectivity index (χ1v) is 8.14. The van der Waals surface area contributed by atoms with E-state index >= 15 is 0 Å². The van der Waals surface area contributed by atoms with E-state index in [0.717, 1.165) is 0 Å². The van der Waals surface area contributed by atoms with Crippen LogP contribution in [0.1, 0.15) is 33.6 Å². The summed E-state index contributed by atoms with van der Waals surface area (Å²) in [7, 11) is 0. The molecule has 1 aliphatic heterocycles. The normalized spacial score (nSPS) is 15.0. The van der Waals surface area contributed by atoms with Crippen molar-refractivity contribution in [2.24, 2.45) is 5.73 Å². The Balaban J connectivity index is 1.58. The van der Waals surface area contributed by atoms with E-state index in [1.807, 2.05) is 0 Å². The van der Waals surface area contributed by atoms with Gasteiger partial charge in [0.25, 0.3) is 5.91 Å². The minimum atomic E-state index is -0.555. The Hall–Kier alpha value is -2.89. The second-order valence-electron chi connectivity index (χ2n) is 6.01. The maximum absolute atomic E-state index is 12.9. The number of carbonyl (C=O) groups excluding carboxylic acids is 2. The maximum Gasteiger partial charge on any atom is 0.253 e. The SMILES string of the molecule is NC(=O)c1cccc(C(=O)N2CCC(Oc3ccc(F)cc3)CC2)c1. The number of likely N-dealkylation sites (tertiary alicyclic amines) is 1. The Labute approximate surface area is 145 Å². The molecule has 0 aliphatic carbocycles. The van der Waals surface area contributed by atoms with Crippen molar-refractivity contribution in [1.82, 2.24) is 4.90 Å². The van der Waals surface area contributed by atoms with Crippen molar-refractivity contribution >= 4 is 11.8 Å². The van der Waals surface area contributed by atoms with Gasteiger partial charge in [-0.05, 0) is 42.5 Å². The van der Waals surface area contributed by atoms with Gasteiger partial charge in [0, 0.05) is 37.1 Å². The van der Waals surface area contributed by atoms with E-state index in [0.29, 0.717) is 42.8 Å². The van der Waals surface area contributed by atoms with E-state index in [1.54, 1.807) is 35.2 Å². The number of nitrogens with two attached hydrogens (primary N) is 1. The molecule has 3 rings (SSSR count). The van der Waals surface area contributed by atoms with Crippen LogP contribution in [0.4, 0.5) is 4.39 Å². The summed E-state index contributed by atoms with van der Waals surface area (Å²) in [6.07, 6.45) is 1.38. The number of benzene rings is 2. The van der Waals surface area contributed by atoms with Crippen LogP contribution in [0.5, 0.6) is 5.75 Å². The molecule has 1 aliphatic rings. The van der Waals surface area contributed by atoms with Gasteiger partial charge in [-0.1, -0.05) is 6.07 Å². The number of nitrogens with zero attached hydrogens (tertiary/aromatic N) is 1. The zero-order chi connectivity index (χ0) is 17.8. The van der Waals surface area contributed by atoms with E-state index in [1.165, 1.54) is 18.2 Å². The van der Waals surface area contributed by atoms with Crippen LogP contribution in [0.3, 0.4) is 0 Å². The highest BCUT2D eigenvalue weighted by atomic mass is 19.1. The average Bonchev–Trinajstić information content (AvgIpc) is 2.64.